The molecule has 0 radical (unpaired) electrons. The number of rotatable bonds is 2. The molecule has 1 amide bonds. The quantitative estimate of drug-likeness (QED) is 0.914. The molecule has 1 N–H and O–H groups in total. The van der Waals surface area contributed by atoms with E-state index in [1.165, 1.54) is 10.4 Å². The fraction of sp³-hybridized carbons (Fsp3) is 0.625. The van der Waals surface area contributed by atoms with Crippen molar-refractivity contribution in [2.45, 2.75) is 51.5 Å². The maximum absolute atomic E-state index is 12.9. The fourth-order valence-electron chi connectivity index (χ4n) is 3.51. The van der Waals surface area contributed by atoms with Gasteiger partial charge in [-0.1, -0.05) is 6.92 Å². The summed E-state index contributed by atoms with van der Waals surface area (Å²) in [4.78, 5) is 27.3. The molecule has 1 saturated heterocycles. The Hall–Kier alpha value is -1.36. The van der Waals surface area contributed by atoms with E-state index in [1.54, 1.807) is 23.2 Å². The molecule has 0 bridgehead atoms. The third-order valence-electron chi connectivity index (χ3n) is 4.98. The molecule has 2 atom stereocenters. The Labute approximate surface area is 128 Å². The smallest absolute Gasteiger partial charge is 0.329 e. The van der Waals surface area contributed by atoms with Gasteiger partial charge in [0, 0.05) is 16.8 Å². The molecule has 1 fully saturated rings. The lowest BCUT2D eigenvalue weighted by Crippen LogP contribution is -2.50. The average Bonchev–Trinajstić information content (AvgIpc) is 3.02. The number of likely N-dealkylation sites (tertiary alicyclic amines) is 1. The second kappa shape index (κ2) is 5.13. The van der Waals surface area contributed by atoms with Gasteiger partial charge < -0.3 is 10.0 Å². The lowest BCUT2D eigenvalue weighted by molar-refractivity contribution is -0.147. The van der Waals surface area contributed by atoms with Crippen molar-refractivity contribution in [2.24, 2.45) is 5.92 Å². The van der Waals surface area contributed by atoms with Crippen molar-refractivity contribution in [3.05, 3.63) is 21.4 Å². The van der Waals surface area contributed by atoms with Gasteiger partial charge in [-0.15, -0.1) is 11.3 Å². The van der Waals surface area contributed by atoms with Crippen LogP contribution in [0.2, 0.25) is 0 Å². The number of aliphatic carboxylic acids is 1. The maximum atomic E-state index is 12.9. The molecule has 0 saturated carbocycles. The van der Waals surface area contributed by atoms with Crippen molar-refractivity contribution in [3.8, 4) is 0 Å². The summed E-state index contributed by atoms with van der Waals surface area (Å²) in [6, 6.07) is 0. The number of nitrogens with zero attached hydrogens (tertiary/aromatic N) is 1. The van der Waals surface area contributed by atoms with Crippen molar-refractivity contribution in [2.75, 3.05) is 6.54 Å². The largest absolute Gasteiger partial charge is 0.480 e. The van der Waals surface area contributed by atoms with Crippen molar-refractivity contribution in [1.82, 2.24) is 4.90 Å². The van der Waals surface area contributed by atoms with Crippen LogP contribution in [0.1, 0.15) is 53.9 Å². The average molecular weight is 307 g/mol. The summed E-state index contributed by atoms with van der Waals surface area (Å²) in [5, 5.41) is 11.4. The highest BCUT2D eigenvalue weighted by atomic mass is 32.1. The van der Waals surface area contributed by atoms with Crippen molar-refractivity contribution < 1.29 is 14.7 Å². The van der Waals surface area contributed by atoms with E-state index in [0.717, 1.165) is 31.2 Å². The van der Waals surface area contributed by atoms with Gasteiger partial charge in [-0.3, -0.25) is 4.79 Å². The first kappa shape index (κ1) is 14.6. The van der Waals surface area contributed by atoms with Crippen LogP contribution in [-0.4, -0.2) is 34.0 Å². The summed E-state index contributed by atoms with van der Waals surface area (Å²) in [5.41, 5.74) is 0.868. The Kier molecular flexibility index (Phi) is 3.56. The summed E-state index contributed by atoms with van der Waals surface area (Å²) in [5.74, 6) is -0.314. The normalized spacial score (nSPS) is 28.5. The Morgan fingerprint density at radius 3 is 2.95 bits per heavy atom. The van der Waals surface area contributed by atoms with E-state index in [9.17, 15) is 14.7 Å². The van der Waals surface area contributed by atoms with E-state index < -0.39 is 11.5 Å². The predicted molar refractivity (Wildman–Crippen MR) is 81.8 cm³/mol. The van der Waals surface area contributed by atoms with Crippen LogP contribution in [0.25, 0.3) is 0 Å². The fourth-order valence-corrected chi connectivity index (χ4v) is 4.75. The van der Waals surface area contributed by atoms with E-state index in [1.807, 2.05) is 5.38 Å². The number of hydrogen-bond acceptors (Lipinski definition) is 3. The number of fused-ring (bicyclic) bond motifs is 1. The van der Waals surface area contributed by atoms with E-state index in [-0.39, 0.29) is 5.91 Å². The van der Waals surface area contributed by atoms with Crippen LogP contribution in [0.4, 0.5) is 0 Å². The van der Waals surface area contributed by atoms with E-state index in [2.05, 4.69) is 6.92 Å². The zero-order chi connectivity index (χ0) is 15.2. The Balaban J connectivity index is 1.91. The lowest BCUT2D eigenvalue weighted by atomic mass is 9.88. The SMILES string of the molecule is CC1CCc2c(C(=O)N3CCCC3(C)C(=O)O)csc2C1. The van der Waals surface area contributed by atoms with E-state index >= 15 is 0 Å². The van der Waals surface area contributed by atoms with Crippen LogP contribution in [0.5, 0.6) is 0 Å². The molecule has 114 valence electrons. The molecule has 1 aromatic heterocycles. The predicted octanol–water partition coefficient (Wildman–Crippen LogP) is 2.95. The number of carbonyl (C=O) groups excluding carboxylic acids is 1. The molecular weight excluding hydrogens is 286 g/mol. The standard InChI is InChI=1S/C16H21NO3S/c1-10-4-5-11-12(9-21-13(11)8-10)14(18)17-7-3-6-16(17,2)15(19)20/h9-10H,3-8H2,1-2H3,(H,19,20). The highest BCUT2D eigenvalue weighted by molar-refractivity contribution is 7.10. The summed E-state index contributed by atoms with van der Waals surface area (Å²) in [6.45, 7) is 4.45. The monoisotopic (exact) mass is 307 g/mol. The van der Waals surface area contributed by atoms with E-state index in [4.69, 9.17) is 0 Å². The second-order valence-electron chi connectivity index (χ2n) is 6.54. The summed E-state index contributed by atoms with van der Waals surface area (Å²) in [6.07, 6.45) is 4.40. The highest BCUT2D eigenvalue weighted by Gasteiger charge is 2.46. The lowest BCUT2D eigenvalue weighted by Gasteiger charge is -2.31. The van der Waals surface area contributed by atoms with Crippen molar-refractivity contribution in [1.29, 1.82) is 0 Å². The Morgan fingerprint density at radius 2 is 2.24 bits per heavy atom. The molecule has 4 nitrogen and oxygen atoms in total. The molecule has 3 rings (SSSR count). The van der Waals surface area contributed by atoms with Crippen LogP contribution >= 0.6 is 11.3 Å². The van der Waals surface area contributed by atoms with Gasteiger partial charge in [-0.25, -0.2) is 4.79 Å². The zero-order valence-electron chi connectivity index (χ0n) is 12.5. The molecule has 1 aromatic rings. The molecule has 2 aliphatic rings. The van der Waals surface area contributed by atoms with Gasteiger partial charge in [0.2, 0.25) is 0 Å². The summed E-state index contributed by atoms with van der Waals surface area (Å²) in [7, 11) is 0. The first-order valence-corrected chi connectivity index (χ1v) is 8.46. The number of carboxylic acids is 1. The van der Waals surface area contributed by atoms with Crippen LogP contribution in [0, 0.1) is 5.92 Å². The number of amides is 1. The topological polar surface area (TPSA) is 57.6 Å². The highest BCUT2D eigenvalue weighted by Crippen LogP contribution is 2.36. The van der Waals surface area contributed by atoms with Gasteiger partial charge >= 0.3 is 5.97 Å². The maximum Gasteiger partial charge on any atom is 0.329 e. The molecule has 2 unspecified atom stereocenters. The molecule has 0 aromatic carbocycles. The molecule has 2 heterocycles. The molecule has 1 aliphatic carbocycles. The minimum Gasteiger partial charge on any atom is -0.480 e. The minimum atomic E-state index is -1.05. The number of carbonyl (C=O) groups is 2. The Morgan fingerprint density at radius 1 is 1.48 bits per heavy atom. The molecule has 1 aliphatic heterocycles. The van der Waals surface area contributed by atoms with Crippen LogP contribution in [0.3, 0.4) is 0 Å². The summed E-state index contributed by atoms with van der Waals surface area (Å²) >= 11 is 1.66. The number of thiophene rings is 1. The third kappa shape index (κ3) is 2.27. The van der Waals surface area contributed by atoms with Gasteiger partial charge in [0.1, 0.15) is 5.54 Å². The van der Waals surface area contributed by atoms with Gasteiger partial charge in [-0.2, -0.15) is 0 Å². The van der Waals surface area contributed by atoms with Crippen molar-refractivity contribution in [3.63, 3.8) is 0 Å². The van der Waals surface area contributed by atoms with Gasteiger partial charge in [0.25, 0.3) is 5.91 Å². The molecule has 0 spiro atoms. The second-order valence-corrected chi connectivity index (χ2v) is 7.50. The van der Waals surface area contributed by atoms with Gasteiger partial charge in [0.05, 0.1) is 5.56 Å². The Bertz CT molecular complexity index is 594. The van der Waals surface area contributed by atoms with Crippen LogP contribution < -0.4 is 0 Å². The third-order valence-corrected chi connectivity index (χ3v) is 6.03. The van der Waals surface area contributed by atoms with Crippen molar-refractivity contribution >= 4 is 23.2 Å². The molecular formula is C16H21NO3S. The summed E-state index contributed by atoms with van der Waals surface area (Å²) < 4.78 is 0. The number of hydrogen-bond donors (Lipinski definition) is 1. The molecule has 5 heteroatoms. The first-order chi connectivity index (χ1) is 9.93. The van der Waals surface area contributed by atoms with Gasteiger partial charge in [-0.05, 0) is 50.5 Å². The molecule has 21 heavy (non-hydrogen) atoms. The van der Waals surface area contributed by atoms with Gasteiger partial charge in [0.15, 0.2) is 0 Å². The minimum absolute atomic E-state index is 0.0931. The van der Waals surface area contributed by atoms with Crippen LogP contribution in [0.15, 0.2) is 5.38 Å². The first-order valence-electron chi connectivity index (χ1n) is 7.58. The number of carboxylic acid groups (broad SMARTS) is 1. The van der Waals surface area contributed by atoms with E-state index in [0.29, 0.717) is 18.9 Å². The zero-order valence-corrected chi connectivity index (χ0v) is 13.3. The van der Waals surface area contributed by atoms with Crippen LogP contribution in [-0.2, 0) is 17.6 Å².